The van der Waals surface area contributed by atoms with Crippen molar-refractivity contribution in [3.8, 4) is 5.75 Å². The monoisotopic (exact) mass is 322 g/mol. The van der Waals surface area contributed by atoms with E-state index in [1.165, 1.54) is 0 Å². The Hall–Kier alpha value is -1.82. The Bertz CT molecular complexity index is 542. The minimum atomic E-state index is 0.432. The maximum atomic E-state index is 5.65. The Labute approximate surface area is 120 Å². The maximum Gasteiger partial charge on any atom is 0.225 e. The molecule has 0 saturated carbocycles. The number of halogens is 1. The van der Waals surface area contributed by atoms with E-state index in [-0.39, 0.29) is 0 Å². The molecule has 0 atom stereocenters. The summed E-state index contributed by atoms with van der Waals surface area (Å²) in [6.45, 7) is 0.705. The predicted octanol–water partition coefficient (Wildman–Crippen LogP) is 2.48. The number of nitrogens with two attached hydrogens (primary N) is 1. The summed E-state index contributed by atoms with van der Waals surface area (Å²) in [5.74, 6) is 1.84. The Kier molecular flexibility index (Phi) is 4.57. The summed E-state index contributed by atoms with van der Waals surface area (Å²) in [4.78, 5) is 8.29. The molecule has 100 valence electrons. The van der Waals surface area contributed by atoms with Crippen LogP contribution in [0.2, 0.25) is 0 Å². The molecule has 1 heterocycles. The van der Waals surface area contributed by atoms with E-state index in [1.54, 1.807) is 13.2 Å². The van der Waals surface area contributed by atoms with Crippen LogP contribution in [0.3, 0.4) is 0 Å². The van der Waals surface area contributed by atoms with Gasteiger partial charge in [0.05, 0.1) is 7.11 Å². The second-order valence-electron chi connectivity index (χ2n) is 3.93. The molecule has 19 heavy (non-hydrogen) atoms. The number of nitrogen functional groups attached to an aromatic ring is 1. The van der Waals surface area contributed by atoms with Crippen molar-refractivity contribution < 1.29 is 4.74 Å². The molecule has 2 rings (SSSR count). The average molecular weight is 323 g/mol. The number of anilines is 2. The smallest absolute Gasteiger partial charge is 0.225 e. The Balaban J connectivity index is 1.96. The molecule has 2 aromatic rings. The van der Waals surface area contributed by atoms with E-state index in [4.69, 9.17) is 10.5 Å². The predicted molar refractivity (Wildman–Crippen MR) is 79.3 cm³/mol. The second-order valence-corrected chi connectivity index (χ2v) is 4.74. The van der Waals surface area contributed by atoms with Gasteiger partial charge in [0, 0.05) is 12.6 Å². The largest absolute Gasteiger partial charge is 0.496 e. The SMILES string of the molecule is COc1ccccc1CCNc1nc(N)cc(Br)n1. The molecule has 0 saturated heterocycles. The van der Waals surface area contributed by atoms with Crippen LogP contribution in [-0.4, -0.2) is 23.6 Å². The van der Waals surface area contributed by atoms with Gasteiger partial charge in [-0.15, -0.1) is 0 Å². The van der Waals surface area contributed by atoms with Crippen molar-refractivity contribution in [3.63, 3.8) is 0 Å². The highest BCUT2D eigenvalue weighted by molar-refractivity contribution is 9.10. The Morgan fingerprint density at radius 3 is 2.84 bits per heavy atom. The zero-order valence-electron chi connectivity index (χ0n) is 10.6. The summed E-state index contributed by atoms with van der Waals surface area (Å²) in [5.41, 5.74) is 6.79. The molecule has 0 aliphatic carbocycles. The summed E-state index contributed by atoms with van der Waals surface area (Å²) in [6.07, 6.45) is 0.819. The maximum absolute atomic E-state index is 5.65. The minimum absolute atomic E-state index is 0.432. The van der Waals surface area contributed by atoms with Crippen molar-refractivity contribution in [3.05, 3.63) is 40.5 Å². The summed E-state index contributed by atoms with van der Waals surface area (Å²) in [6, 6.07) is 9.59. The molecule has 3 N–H and O–H groups in total. The highest BCUT2D eigenvalue weighted by atomic mass is 79.9. The molecular weight excluding hydrogens is 308 g/mol. The molecule has 0 aliphatic heterocycles. The van der Waals surface area contributed by atoms with Gasteiger partial charge in [-0.05, 0) is 34.0 Å². The van der Waals surface area contributed by atoms with Crippen LogP contribution >= 0.6 is 15.9 Å². The zero-order valence-corrected chi connectivity index (χ0v) is 12.1. The Morgan fingerprint density at radius 1 is 1.32 bits per heavy atom. The molecular formula is C13H15BrN4O. The number of hydrogen-bond acceptors (Lipinski definition) is 5. The highest BCUT2D eigenvalue weighted by Gasteiger charge is 2.03. The number of nitrogens with one attached hydrogen (secondary N) is 1. The third kappa shape index (κ3) is 3.82. The lowest BCUT2D eigenvalue weighted by Crippen LogP contribution is -2.09. The lowest BCUT2D eigenvalue weighted by molar-refractivity contribution is 0.410. The lowest BCUT2D eigenvalue weighted by atomic mass is 10.1. The molecule has 0 unspecified atom stereocenters. The van der Waals surface area contributed by atoms with Crippen LogP contribution in [0.15, 0.2) is 34.9 Å². The first kappa shape index (κ1) is 13.6. The molecule has 1 aromatic heterocycles. The van der Waals surface area contributed by atoms with Crippen LogP contribution < -0.4 is 15.8 Å². The zero-order chi connectivity index (χ0) is 13.7. The van der Waals surface area contributed by atoms with Gasteiger partial charge in [0.15, 0.2) is 0 Å². The van der Waals surface area contributed by atoms with Gasteiger partial charge in [-0.3, -0.25) is 0 Å². The van der Waals surface area contributed by atoms with Crippen LogP contribution in [-0.2, 0) is 6.42 Å². The van der Waals surface area contributed by atoms with Gasteiger partial charge in [-0.2, -0.15) is 4.98 Å². The molecule has 0 aliphatic rings. The average Bonchev–Trinajstić information content (AvgIpc) is 2.38. The van der Waals surface area contributed by atoms with Gasteiger partial charge in [0.2, 0.25) is 5.95 Å². The van der Waals surface area contributed by atoms with E-state index < -0.39 is 0 Å². The van der Waals surface area contributed by atoms with Gasteiger partial charge in [0.25, 0.3) is 0 Å². The topological polar surface area (TPSA) is 73.1 Å². The van der Waals surface area contributed by atoms with Crippen molar-refractivity contribution >= 4 is 27.7 Å². The quantitative estimate of drug-likeness (QED) is 0.827. The number of para-hydroxylation sites is 1. The van der Waals surface area contributed by atoms with Crippen LogP contribution in [0.1, 0.15) is 5.56 Å². The van der Waals surface area contributed by atoms with E-state index >= 15 is 0 Å². The van der Waals surface area contributed by atoms with E-state index in [9.17, 15) is 0 Å². The highest BCUT2D eigenvalue weighted by Crippen LogP contribution is 2.18. The van der Waals surface area contributed by atoms with Gasteiger partial charge in [-0.1, -0.05) is 18.2 Å². The fourth-order valence-electron chi connectivity index (χ4n) is 1.73. The van der Waals surface area contributed by atoms with Crippen LogP contribution in [0.5, 0.6) is 5.75 Å². The van der Waals surface area contributed by atoms with Gasteiger partial charge >= 0.3 is 0 Å². The van der Waals surface area contributed by atoms with E-state index in [0.29, 0.717) is 22.9 Å². The van der Waals surface area contributed by atoms with Gasteiger partial charge in [0.1, 0.15) is 16.2 Å². The molecule has 0 amide bonds. The number of nitrogens with zero attached hydrogens (tertiary/aromatic N) is 2. The fraction of sp³-hybridized carbons (Fsp3) is 0.231. The number of ether oxygens (including phenoxy) is 1. The molecule has 0 spiro atoms. The standard InChI is InChI=1S/C13H15BrN4O/c1-19-10-5-3-2-4-9(10)6-7-16-13-17-11(14)8-12(15)18-13/h2-5,8H,6-7H2,1H3,(H3,15,16,17,18). The normalized spacial score (nSPS) is 10.2. The second kappa shape index (κ2) is 6.38. The fourth-order valence-corrected chi connectivity index (χ4v) is 2.14. The van der Waals surface area contributed by atoms with Gasteiger partial charge < -0.3 is 15.8 Å². The number of methoxy groups -OCH3 is 1. The molecule has 6 heteroatoms. The number of benzene rings is 1. The molecule has 0 bridgehead atoms. The van der Waals surface area contributed by atoms with Crippen molar-refractivity contribution in [2.24, 2.45) is 0 Å². The van der Waals surface area contributed by atoms with Crippen molar-refractivity contribution in [2.75, 3.05) is 24.7 Å². The van der Waals surface area contributed by atoms with Crippen molar-refractivity contribution in [2.45, 2.75) is 6.42 Å². The Morgan fingerprint density at radius 2 is 2.11 bits per heavy atom. The molecule has 1 aromatic carbocycles. The number of aromatic nitrogens is 2. The summed E-state index contributed by atoms with van der Waals surface area (Å²) >= 11 is 3.28. The van der Waals surface area contributed by atoms with E-state index in [1.807, 2.05) is 24.3 Å². The number of rotatable bonds is 5. The first-order chi connectivity index (χ1) is 9.19. The lowest BCUT2D eigenvalue weighted by Gasteiger charge is -2.09. The van der Waals surface area contributed by atoms with Crippen LogP contribution in [0.4, 0.5) is 11.8 Å². The van der Waals surface area contributed by atoms with Crippen molar-refractivity contribution in [1.82, 2.24) is 9.97 Å². The van der Waals surface area contributed by atoms with Gasteiger partial charge in [-0.25, -0.2) is 4.98 Å². The summed E-state index contributed by atoms with van der Waals surface area (Å²) in [5, 5.41) is 3.14. The van der Waals surface area contributed by atoms with E-state index in [2.05, 4.69) is 31.2 Å². The minimum Gasteiger partial charge on any atom is -0.496 e. The van der Waals surface area contributed by atoms with Crippen LogP contribution in [0, 0.1) is 0 Å². The molecule has 0 fully saturated rings. The third-order valence-electron chi connectivity index (χ3n) is 2.58. The molecule has 0 radical (unpaired) electrons. The van der Waals surface area contributed by atoms with E-state index in [0.717, 1.165) is 17.7 Å². The summed E-state index contributed by atoms with van der Waals surface area (Å²) < 4.78 is 5.97. The van der Waals surface area contributed by atoms with Crippen LogP contribution in [0.25, 0.3) is 0 Å². The van der Waals surface area contributed by atoms with Crippen molar-refractivity contribution in [1.29, 1.82) is 0 Å². The first-order valence-electron chi connectivity index (χ1n) is 5.85. The number of hydrogen-bond donors (Lipinski definition) is 2. The third-order valence-corrected chi connectivity index (χ3v) is 2.99. The summed E-state index contributed by atoms with van der Waals surface area (Å²) in [7, 11) is 1.67. The first-order valence-corrected chi connectivity index (χ1v) is 6.64. The molecule has 5 nitrogen and oxygen atoms in total.